The molecule has 5 heteroatoms. The van der Waals surface area contributed by atoms with Crippen molar-refractivity contribution in [3.8, 4) is 11.5 Å². The second-order valence-electron chi connectivity index (χ2n) is 6.48. The van der Waals surface area contributed by atoms with Crippen molar-refractivity contribution in [2.75, 3.05) is 32.8 Å². The standard InChI is InChI=1S/C16H23ClN2O2/c1-16(2)11-19(5-4-18-16)10-12-8-13(17)15-14(9-12)20-6-3-7-21-15/h8-9,18H,3-7,10-11H2,1-2H3. The van der Waals surface area contributed by atoms with Gasteiger partial charge in [-0.05, 0) is 31.5 Å². The first kappa shape index (κ1) is 14.9. The molecule has 1 aromatic carbocycles. The molecule has 1 aromatic rings. The molecule has 0 saturated carbocycles. The molecular weight excluding hydrogens is 288 g/mol. The average molecular weight is 311 g/mol. The molecule has 1 saturated heterocycles. The minimum absolute atomic E-state index is 0.160. The molecule has 1 N–H and O–H groups in total. The number of nitrogens with one attached hydrogen (secondary N) is 1. The molecule has 0 aromatic heterocycles. The Balaban J connectivity index is 1.77. The average Bonchev–Trinajstić information content (AvgIpc) is 2.63. The third-order valence-corrected chi connectivity index (χ3v) is 4.20. The fourth-order valence-corrected chi connectivity index (χ4v) is 3.30. The number of rotatable bonds is 2. The Hall–Kier alpha value is -0.970. The van der Waals surface area contributed by atoms with Crippen molar-refractivity contribution in [2.24, 2.45) is 0 Å². The fourth-order valence-electron chi connectivity index (χ4n) is 3.02. The topological polar surface area (TPSA) is 33.7 Å². The van der Waals surface area contributed by atoms with E-state index in [1.807, 2.05) is 6.07 Å². The van der Waals surface area contributed by atoms with E-state index in [1.54, 1.807) is 0 Å². The van der Waals surface area contributed by atoms with Gasteiger partial charge in [0.15, 0.2) is 11.5 Å². The normalized spacial score (nSPS) is 21.9. The van der Waals surface area contributed by atoms with Crippen LogP contribution in [0.15, 0.2) is 12.1 Å². The first-order valence-corrected chi connectivity index (χ1v) is 7.97. The minimum atomic E-state index is 0.160. The molecule has 2 heterocycles. The maximum absolute atomic E-state index is 6.36. The maximum atomic E-state index is 6.36. The minimum Gasteiger partial charge on any atom is -0.489 e. The van der Waals surface area contributed by atoms with Crippen molar-refractivity contribution >= 4 is 11.6 Å². The van der Waals surface area contributed by atoms with E-state index in [0.29, 0.717) is 24.0 Å². The molecule has 2 aliphatic heterocycles. The molecule has 116 valence electrons. The number of benzene rings is 1. The van der Waals surface area contributed by atoms with Crippen molar-refractivity contribution in [1.29, 1.82) is 0 Å². The Bertz CT molecular complexity index is 519. The van der Waals surface area contributed by atoms with E-state index in [-0.39, 0.29) is 5.54 Å². The Morgan fingerprint density at radius 1 is 1.29 bits per heavy atom. The molecule has 0 atom stereocenters. The van der Waals surface area contributed by atoms with Gasteiger partial charge in [-0.25, -0.2) is 0 Å². The van der Waals surface area contributed by atoms with Crippen LogP contribution < -0.4 is 14.8 Å². The van der Waals surface area contributed by atoms with Crippen LogP contribution in [0.3, 0.4) is 0 Å². The van der Waals surface area contributed by atoms with Crippen molar-refractivity contribution in [2.45, 2.75) is 32.4 Å². The second-order valence-corrected chi connectivity index (χ2v) is 6.88. The summed E-state index contributed by atoms with van der Waals surface area (Å²) in [5, 5.41) is 4.18. The van der Waals surface area contributed by atoms with Crippen LogP contribution in [0.1, 0.15) is 25.8 Å². The molecule has 21 heavy (non-hydrogen) atoms. The third kappa shape index (κ3) is 3.62. The highest BCUT2D eigenvalue weighted by atomic mass is 35.5. The molecule has 0 radical (unpaired) electrons. The first-order chi connectivity index (χ1) is 10.0. The van der Waals surface area contributed by atoms with Crippen molar-refractivity contribution in [3.63, 3.8) is 0 Å². The van der Waals surface area contributed by atoms with Crippen LogP contribution in [-0.4, -0.2) is 43.3 Å². The van der Waals surface area contributed by atoms with Crippen LogP contribution in [0.25, 0.3) is 0 Å². The summed E-state index contributed by atoms with van der Waals surface area (Å²) in [5.41, 5.74) is 1.34. The van der Waals surface area contributed by atoms with E-state index in [2.05, 4.69) is 30.1 Å². The van der Waals surface area contributed by atoms with E-state index in [0.717, 1.165) is 38.3 Å². The van der Waals surface area contributed by atoms with E-state index >= 15 is 0 Å². The number of piperazine rings is 1. The zero-order valence-corrected chi connectivity index (χ0v) is 13.5. The largest absolute Gasteiger partial charge is 0.489 e. The second kappa shape index (κ2) is 6.03. The lowest BCUT2D eigenvalue weighted by molar-refractivity contribution is 0.148. The van der Waals surface area contributed by atoms with Crippen molar-refractivity contribution < 1.29 is 9.47 Å². The first-order valence-electron chi connectivity index (χ1n) is 7.59. The highest BCUT2D eigenvalue weighted by Gasteiger charge is 2.26. The van der Waals surface area contributed by atoms with Crippen LogP contribution in [0, 0.1) is 0 Å². The fraction of sp³-hybridized carbons (Fsp3) is 0.625. The number of nitrogens with zero attached hydrogens (tertiary/aromatic N) is 1. The summed E-state index contributed by atoms with van der Waals surface area (Å²) in [6, 6.07) is 4.08. The summed E-state index contributed by atoms with van der Waals surface area (Å²) in [4.78, 5) is 2.45. The zero-order chi connectivity index (χ0) is 14.9. The molecule has 1 fully saturated rings. The van der Waals surface area contributed by atoms with Gasteiger partial charge in [-0.3, -0.25) is 4.90 Å². The summed E-state index contributed by atoms with van der Waals surface area (Å²) in [6.45, 7) is 9.81. The molecule has 0 spiro atoms. The van der Waals surface area contributed by atoms with Gasteiger partial charge in [0, 0.05) is 38.1 Å². The van der Waals surface area contributed by atoms with Gasteiger partial charge < -0.3 is 14.8 Å². The molecule has 2 aliphatic rings. The molecule has 0 unspecified atom stereocenters. The van der Waals surface area contributed by atoms with Gasteiger partial charge >= 0.3 is 0 Å². The molecule has 3 rings (SSSR count). The zero-order valence-electron chi connectivity index (χ0n) is 12.7. The Morgan fingerprint density at radius 2 is 2.10 bits per heavy atom. The lowest BCUT2D eigenvalue weighted by Crippen LogP contribution is -2.56. The quantitative estimate of drug-likeness (QED) is 0.910. The Labute approximate surface area is 131 Å². The number of hydrogen-bond acceptors (Lipinski definition) is 4. The molecule has 0 aliphatic carbocycles. The lowest BCUT2D eigenvalue weighted by atomic mass is 10.0. The van der Waals surface area contributed by atoms with Gasteiger partial charge in [0.25, 0.3) is 0 Å². The monoisotopic (exact) mass is 310 g/mol. The van der Waals surface area contributed by atoms with Gasteiger partial charge in [0.05, 0.1) is 18.2 Å². The van der Waals surface area contributed by atoms with Crippen LogP contribution in [-0.2, 0) is 6.54 Å². The Kier molecular flexibility index (Phi) is 4.29. The highest BCUT2D eigenvalue weighted by molar-refractivity contribution is 6.32. The van der Waals surface area contributed by atoms with Crippen molar-refractivity contribution in [1.82, 2.24) is 10.2 Å². The van der Waals surface area contributed by atoms with E-state index in [1.165, 1.54) is 5.56 Å². The molecule has 4 nitrogen and oxygen atoms in total. The van der Waals surface area contributed by atoms with Gasteiger partial charge in [-0.1, -0.05) is 11.6 Å². The summed E-state index contributed by atoms with van der Waals surface area (Å²) >= 11 is 6.36. The van der Waals surface area contributed by atoms with E-state index in [9.17, 15) is 0 Å². The summed E-state index contributed by atoms with van der Waals surface area (Å²) in [5.74, 6) is 1.47. The predicted molar refractivity (Wildman–Crippen MR) is 84.4 cm³/mol. The van der Waals surface area contributed by atoms with Gasteiger partial charge in [0.1, 0.15) is 0 Å². The number of hydrogen-bond donors (Lipinski definition) is 1. The van der Waals surface area contributed by atoms with E-state index < -0.39 is 0 Å². The number of ether oxygens (including phenoxy) is 2. The number of halogens is 1. The van der Waals surface area contributed by atoms with Crippen LogP contribution in [0.5, 0.6) is 11.5 Å². The molecular formula is C16H23ClN2O2. The lowest BCUT2D eigenvalue weighted by Gasteiger charge is -2.39. The van der Waals surface area contributed by atoms with Gasteiger partial charge in [0.2, 0.25) is 0 Å². The predicted octanol–water partition coefficient (Wildman–Crippen LogP) is 2.69. The smallest absolute Gasteiger partial charge is 0.179 e. The maximum Gasteiger partial charge on any atom is 0.179 e. The van der Waals surface area contributed by atoms with Crippen LogP contribution in [0.2, 0.25) is 5.02 Å². The van der Waals surface area contributed by atoms with E-state index in [4.69, 9.17) is 21.1 Å². The summed E-state index contributed by atoms with van der Waals surface area (Å²) in [6.07, 6.45) is 0.895. The van der Waals surface area contributed by atoms with Gasteiger partial charge in [-0.15, -0.1) is 0 Å². The third-order valence-electron chi connectivity index (χ3n) is 3.92. The molecule has 0 bridgehead atoms. The highest BCUT2D eigenvalue weighted by Crippen LogP contribution is 2.38. The number of fused-ring (bicyclic) bond motifs is 1. The Morgan fingerprint density at radius 3 is 2.90 bits per heavy atom. The SMILES string of the molecule is CC1(C)CN(Cc2cc(Cl)c3c(c2)OCCCO3)CCN1. The van der Waals surface area contributed by atoms with Crippen LogP contribution >= 0.6 is 11.6 Å². The summed E-state index contributed by atoms with van der Waals surface area (Å²) in [7, 11) is 0. The van der Waals surface area contributed by atoms with Crippen LogP contribution in [0.4, 0.5) is 0 Å². The summed E-state index contributed by atoms with van der Waals surface area (Å²) < 4.78 is 11.4. The molecule has 0 amide bonds. The van der Waals surface area contributed by atoms with Gasteiger partial charge in [-0.2, -0.15) is 0 Å². The van der Waals surface area contributed by atoms with Crippen molar-refractivity contribution in [3.05, 3.63) is 22.7 Å².